The Hall–Kier alpha value is -5.65. The number of Topliss-reactive ketones (excluding diaryl/α,β-unsaturated/α-hetero) is 2. The SMILES string of the molecule is CC(=O)Cl.CC(=O)n1c2c(c3cc(C(=O)CC4CCN(Cc5cccnc5)CC4)ccc31)CC(Cc1ccc(C)cc1)CC2.Cc1ccc(CC2CCC3=C(C2)c2cc(C(=O)CC4CCN(Cc5cccnc5)CC4)ccc2C3)cc1.[H-].[Na+]. The van der Waals surface area contributed by atoms with Crippen molar-refractivity contribution in [3.05, 3.63) is 206 Å². The fourth-order valence-corrected chi connectivity index (χ4v) is 13.6. The Morgan fingerprint density at radius 2 is 1.09 bits per heavy atom. The summed E-state index contributed by atoms with van der Waals surface area (Å²) in [6.45, 7) is 13.3. The molecule has 12 rings (SSSR count). The number of halogens is 1. The first-order valence-corrected chi connectivity index (χ1v) is 30.2. The zero-order valence-electron chi connectivity index (χ0n) is 50.1. The fourth-order valence-electron chi connectivity index (χ4n) is 13.6. The molecule has 422 valence electrons. The van der Waals surface area contributed by atoms with E-state index in [9.17, 15) is 19.2 Å². The molecule has 0 amide bonds. The number of carbonyl (C=O) groups excluding carboxylic acids is 4. The maximum Gasteiger partial charge on any atom is 1.00 e. The van der Waals surface area contributed by atoms with Gasteiger partial charge >= 0.3 is 29.6 Å². The molecule has 3 aromatic heterocycles. The van der Waals surface area contributed by atoms with Gasteiger partial charge in [-0.3, -0.25) is 43.5 Å². The fraction of sp³-hybridized carbons (Fsp3) is 0.408. The maximum atomic E-state index is 13.5. The van der Waals surface area contributed by atoms with Crippen molar-refractivity contribution in [3.8, 4) is 0 Å². The van der Waals surface area contributed by atoms with Crippen LogP contribution in [0.4, 0.5) is 0 Å². The standard InChI is InChI=1S/C35H39N3O2.C34H38N2O.C2H3ClO.Na.H/c1-24-5-7-26(8-6-24)18-28-9-11-33-31(19-28)32-21-30(10-12-34(32)38(33)25(2)39)35(40)20-27-13-16-37(17-14-27)23-29-4-3-15-36-22-29;1-24-4-6-25(7-5-24)17-27-8-9-29-20-30-10-11-31(21-33(30)32(29)18-27)34(37)19-26-12-15-36(16-13-26)23-28-3-2-14-35-22-28;1-2(3)4;;/h3-8,10,12,15,21-22,27-28H,9,11,13-14,16-20,23H2,1-2H3;2-7,10-11,14,21-22,26-27H,8-9,12-13,15-20,23H2,1H3;1H3;;/q;;;+1;-1. The Labute approximate surface area is 515 Å². The number of nitrogens with zero attached hydrogens (tertiary/aromatic N) is 5. The third kappa shape index (κ3) is 16.0. The van der Waals surface area contributed by atoms with Gasteiger partial charge in [-0.1, -0.05) is 89.5 Å². The average molecular weight is 1130 g/mol. The van der Waals surface area contributed by atoms with E-state index in [0.29, 0.717) is 42.3 Å². The summed E-state index contributed by atoms with van der Waals surface area (Å²) in [5.41, 5.74) is 19.0. The van der Waals surface area contributed by atoms with Gasteiger partial charge in [0, 0.05) is 86.8 Å². The van der Waals surface area contributed by atoms with Crippen molar-refractivity contribution in [2.24, 2.45) is 23.7 Å². The number of aromatic nitrogens is 3. The predicted octanol–water partition coefficient (Wildman–Crippen LogP) is 12.0. The number of rotatable bonds is 14. The molecule has 2 aliphatic heterocycles. The number of benzene rings is 4. The van der Waals surface area contributed by atoms with E-state index in [1.807, 2.05) is 53.6 Å². The number of hydrogen-bond donors (Lipinski definition) is 0. The van der Waals surface area contributed by atoms with Crippen LogP contribution >= 0.6 is 11.6 Å². The van der Waals surface area contributed by atoms with Gasteiger partial charge in [-0.2, -0.15) is 0 Å². The topological polar surface area (TPSA) is 105 Å². The summed E-state index contributed by atoms with van der Waals surface area (Å²) < 4.78 is 1.90. The molecule has 0 bridgehead atoms. The van der Waals surface area contributed by atoms with E-state index in [-0.39, 0.29) is 47.9 Å². The van der Waals surface area contributed by atoms with E-state index in [2.05, 4.69) is 130 Å². The van der Waals surface area contributed by atoms with Crippen molar-refractivity contribution in [1.82, 2.24) is 24.3 Å². The van der Waals surface area contributed by atoms with Crippen molar-refractivity contribution in [3.63, 3.8) is 0 Å². The molecular formula is C71H81ClN5NaO4. The van der Waals surface area contributed by atoms with Crippen molar-refractivity contribution in [2.75, 3.05) is 26.2 Å². The molecule has 82 heavy (non-hydrogen) atoms. The number of fused-ring (bicyclic) bond motifs is 5. The number of piperidine rings is 2. The van der Waals surface area contributed by atoms with Gasteiger partial charge in [0.25, 0.3) is 0 Å². The van der Waals surface area contributed by atoms with Crippen LogP contribution in [-0.2, 0) is 50.0 Å². The molecular weight excluding hydrogens is 1050 g/mol. The van der Waals surface area contributed by atoms with Crippen LogP contribution in [0.15, 0.2) is 140 Å². The Bertz CT molecular complexity index is 3360. The molecule has 4 aromatic carbocycles. The first-order valence-electron chi connectivity index (χ1n) is 29.9. The van der Waals surface area contributed by atoms with Crippen LogP contribution in [-0.4, -0.2) is 73.2 Å². The molecule has 2 fully saturated rings. The Morgan fingerprint density at radius 3 is 1.60 bits per heavy atom. The van der Waals surface area contributed by atoms with Gasteiger partial charge < -0.3 is 1.43 Å². The molecule has 2 unspecified atom stereocenters. The van der Waals surface area contributed by atoms with Crippen LogP contribution in [0.5, 0.6) is 0 Å². The van der Waals surface area contributed by atoms with Crippen LogP contribution in [0.25, 0.3) is 16.5 Å². The second kappa shape index (κ2) is 28.8. The number of likely N-dealkylation sites (tertiary alicyclic amines) is 2. The summed E-state index contributed by atoms with van der Waals surface area (Å²) in [4.78, 5) is 62.2. The van der Waals surface area contributed by atoms with E-state index in [0.717, 1.165) is 138 Å². The number of ketones is 2. The van der Waals surface area contributed by atoms with Gasteiger partial charge in [0.1, 0.15) is 0 Å². The first-order chi connectivity index (χ1) is 39.3. The zero-order chi connectivity index (χ0) is 56.4. The Morgan fingerprint density at radius 1 is 0.585 bits per heavy atom. The molecule has 0 N–H and O–H groups in total. The zero-order valence-corrected chi connectivity index (χ0v) is 51.9. The van der Waals surface area contributed by atoms with Gasteiger partial charge in [0.15, 0.2) is 11.6 Å². The molecule has 7 aromatic rings. The number of carbonyl (C=O) groups is 4. The maximum absolute atomic E-state index is 13.5. The summed E-state index contributed by atoms with van der Waals surface area (Å²) in [5, 5.41) is 0.732. The second-order valence-corrected chi connectivity index (χ2v) is 24.7. The normalized spacial score (nSPS) is 18.2. The summed E-state index contributed by atoms with van der Waals surface area (Å²) in [6, 6.07) is 38.8. The van der Waals surface area contributed by atoms with E-state index < -0.39 is 0 Å². The quantitative estimate of drug-likeness (QED) is 0.0602. The van der Waals surface area contributed by atoms with E-state index in [1.165, 1.54) is 69.8 Å². The summed E-state index contributed by atoms with van der Waals surface area (Å²) in [7, 11) is 0. The molecule has 5 heterocycles. The minimum Gasteiger partial charge on any atom is -1.00 e. The van der Waals surface area contributed by atoms with Gasteiger partial charge in [0.05, 0.1) is 5.52 Å². The molecule has 3 aliphatic carbocycles. The van der Waals surface area contributed by atoms with Crippen LogP contribution in [0.2, 0.25) is 0 Å². The largest absolute Gasteiger partial charge is 1.00 e. The van der Waals surface area contributed by atoms with Crippen LogP contribution in [0, 0.1) is 37.5 Å². The van der Waals surface area contributed by atoms with Crippen LogP contribution in [0.3, 0.4) is 0 Å². The van der Waals surface area contributed by atoms with E-state index in [1.54, 1.807) is 18.1 Å². The third-order valence-electron chi connectivity index (χ3n) is 17.9. The summed E-state index contributed by atoms with van der Waals surface area (Å²) >= 11 is 4.64. The van der Waals surface area contributed by atoms with Crippen molar-refractivity contribution >= 4 is 50.8 Å². The third-order valence-corrected chi connectivity index (χ3v) is 17.9. The summed E-state index contributed by atoms with van der Waals surface area (Å²) in [6.07, 6.45) is 23.0. The number of aryl methyl sites for hydroxylation is 2. The van der Waals surface area contributed by atoms with E-state index >= 15 is 0 Å². The van der Waals surface area contributed by atoms with E-state index in [4.69, 9.17) is 0 Å². The van der Waals surface area contributed by atoms with Crippen LogP contribution in [0.1, 0.15) is 161 Å². The van der Waals surface area contributed by atoms with Crippen molar-refractivity contribution < 1.29 is 50.2 Å². The van der Waals surface area contributed by atoms with Crippen molar-refractivity contribution in [1.29, 1.82) is 0 Å². The van der Waals surface area contributed by atoms with Crippen LogP contribution < -0.4 is 29.6 Å². The Kier molecular flexibility index (Phi) is 21.4. The van der Waals surface area contributed by atoms with Crippen molar-refractivity contribution in [2.45, 2.75) is 137 Å². The molecule has 0 spiro atoms. The average Bonchev–Trinajstić information content (AvgIpc) is 4.04. The minimum atomic E-state index is -0.361. The second-order valence-electron chi connectivity index (χ2n) is 24.1. The molecule has 0 radical (unpaired) electrons. The molecule has 9 nitrogen and oxygen atoms in total. The summed E-state index contributed by atoms with van der Waals surface area (Å²) in [5.74, 6) is 2.76. The van der Waals surface area contributed by atoms with Gasteiger partial charge in [-0.05, 0) is 240 Å². The van der Waals surface area contributed by atoms with Gasteiger partial charge in [0.2, 0.25) is 11.1 Å². The molecule has 0 saturated carbocycles. The first kappa shape index (κ1) is 60.9. The smallest absolute Gasteiger partial charge is 1.00 e. The molecule has 2 saturated heterocycles. The Balaban J connectivity index is 0.000000200. The molecule has 2 atom stereocenters. The minimum absolute atomic E-state index is 0. The van der Waals surface area contributed by atoms with Gasteiger partial charge in [-0.15, -0.1) is 0 Å². The monoisotopic (exact) mass is 1130 g/mol. The number of hydrogen-bond acceptors (Lipinski definition) is 8. The number of pyridine rings is 2. The molecule has 11 heteroatoms. The molecule has 5 aliphatic rings. The predicted molar refractivity (Wildman–Crippen MR) is 328 cm³/mol. The number of allylic oxidation sites excluding steroid dienone is 2. The van der Waals surface area contributed by atoms with Gasteiger partial charge in [-0.25, -0.2) is 0 Å².